The highest BCUT2D eigenvalue weighted by Gasteiger charge is 2.15. The number of hydrogen-bond donors (Lipinski definition) is 2. The van der Waals surface area contributed by atoms with E-state index in [2.05, 4.69) is 43.6 Å². The topological polar surface area (TPSA) is 55.1 Å². The molecule has 19 heavy (non-hydrogen) atoms. The van der Waals surface area contributed by atoms with Gasteiger partial charge in [0.15, 0.2) is 0 Å². The third-order valence-corrected chi connectivity index (χ3v) is 3.72. The van der Waals surface area contributed by atoms with E-state index in [9.17, 15) is 4.79 Å². The van der Waals surface area contributed by atoms with Crippen LogP contribution in [0.4, 0.5) is 0 Å². The molecule has 1 heterocycles. The van der Waals surface area contributed by atoms with E-state index in [1.165, 1.54) is 4.88 Å². The maximum atomic E-state index is 11.8. The number of carbonyl (C=O) groups is 1. The lowest BCUT2D eigenvalue weighted by atomic mass is 10.0. The van der Waals surface area contributed by atoms with E-state index >= 15 is 0 Å². The Kier molecular flexibility index (Phi) is 9.06. The van der Waals surface area contributed by atoms with Crippen LogP contribution in [0.2, 0.25) is 0 Å². The zero-order valence-electron chi connectivity index (χ0n) is 11.9. The van der Waals surface area contributed by atoms with Gasteiger partial charge in [0.1, 0.15) is 0 Å². The normalized spacial score (nSPS) is 13.7. The molecule has 0 fully saturated rings. The van der Waals surface area contributed by atoms with Crippen molar-refractivity contribution in [2.75, 3.05) is 6.54 Å². The SMILES string of the molecule is CC(C)C[C@H](N)C(=O)NCC(C)Cc1cccs1.Cl. The molecule has 0 aliphatic rings. The summed E-state index contributed by atoms with van der Waals surface area (Å²) in [4.78, 5) is 13.1. The molecule has 0 spiro atoms. The van der Waals surface area contributed by atoms with Crippen molar-refractivity contribution in [1.82, 2.24) is 5.32 Å². The van der Waals surface area contributed by atoms with Gasteiger partial charge in [-0.05, 0) is 36.1 Å². The molecule has 1 aromatic heterocycles. The van der Waals surface area contributed by atoms with Gasteiger partial charge in [0.25, 0.3) is 0 Å². The second kappa shape index (κ2) is 9.34. The van der Waals surface area contributed by atoms with E-state index < -0.39 is 0 Å². The van der Waals surface area contributed by atoms with Gasteiger partial charge in [-0.2, -0.15) is 0 Å². The zero-order valence-corrected chi connectivity index (χ0v) is 13.5. The molecule has 0 aromatic carbocycles. The monoisotopic (exact) mass is 304 g/mol. The van der Waals surface area contributed by atoms with Crippen LogP contribution >= 0.6 is 23.7 Å². The first-order valence-corrected chi connectivity index (χ1v) is 7.42. The van der Waals surface area contributed by atoms with Crippen LogP contribution in [0.1, 0.15) is 32.1 Å². The van der Waals surface area contributed by atoms with Gasteiger partial charge in [-0.25, -0.2) is 0 Å². The number of amides is 1. The molecule has 110 valence electrons. The number of hydrogen-bond acceptors (Lipinski definition) is 3. The first-order chi connectivity index (χ1) is 8.49. The van der Waals surface area contributed by atoms with E-state index in [1.54, 1.807) is 11.3 Å². The highest BCUT2D eigenvalue weighted by atomic mass is 35.5. The second-order valence-electron chi connectivity index (χ2n) is 5.37. The fourth-order valence-corrected chi connectivity index (χ4v) is 2.73. The summed E-state index contributed by atoms with van der Waals surface area (Å²) < 4.78 is 0. The van der Waals surface area contributed by atoms with Crippen LogP contribution in [0.25, 0.3) is 0 Å². The van der Waals surface area contributed by atoms with Crippen molar-refractivity contribution in [3.8, 4) is 0 Å². The molecule has 1 rings (SSSR count). The van der Waals surface area contributed by atoms with Crippen molar-refractivity contribution in [3.05, 3.63) is 22.4 Å². The summed E-state index contributed by atoms with van der Waals surface area (Å²) in [6.07, 6.45) is 1.75. The van der Waals surface area contributed by atoms with Gasteiger partial charge in [-0.1, -0.05) is 26.8 Å². The molecule has 3 N–H and O–H groups in total. The van der Waals surface area contributed by atoms with Crippen molar-refractivity contribution in [3.63, 3.8) is 0 Å². The summed E-state index contributed by atoms with van der Waals surface area (Å²) in [7, 11) is 0. The van der Waals surface area contributed by atoms with E-state index in [1.807, 2.05) is 0 Å². The molecule has 0 saturated heterocycles. The van der Waals surface area contributed by atoms with Crippen molar-refractivity contribution < 1.29 is 4.79 Å². The molecule has 1 unspecified atom stereocenters. The first kappa shape index (κ1) is 18.4. The lowest BCUT2D eigenvalue weighted by Gasteiger charge is -2.16. The minimum Gasteiger partial charge on any atom is -0.354 e. The maximum absolute atomic E-state index is 11.8. The maximum Gasteiger partial charge on any atom is 0.236 e. The summed E-state index contributed by atoms with van der Waals surface area (Å²) in [5, 5.41) is 5.02. The molecule has 0 radical (unpaired) electrons. The van der Waals surface area contributed by atoms with Gasteiger partial charge in [-0.3, -0.25) is 4.79 Å². The smallest absolute Gasteiger partial charge is 0.236 e. The van der Waals surface area contributed by atoms with Crippen LogP contribution in [0.5, 0.6) is 0 Å². The molecule has 5 heteroatoms. The molecule has 0 bridgehead atoms. The first-order valence-electron chi connectivity index (χ1n) is 6.54. The minimum atomic E-state index is -0.376. The van der Waals surface area contributed by atoms with E-state index in [0.29, 0.717) is 18.4 Å². The highest BCUT2D eigenvalue weighted by Crippen LogP contribution is 2.13. The standard InChI is InChI=1S/C14H24N2OS.ClH/c1-10(2)7-13(15)14(17)16-9-11(3)8-12-5-4-6-18-12;/h4-6,10-11,13H,7-9,15H2,1-3H3,(H,16,17);1H/t11?,13-;/m0./s1. The Balaban J connectivity index is 0.00000324. The van der Waals surface area contributed by atoms with Crippen molar-refractivity contribution >= 4 is 29.7 Å². The van der Waals surface area contributed by atoms with E-state index in [-0.39, 0.29) is 24.4 Å². The molecular weight excluding hydrogens is 280 g/mol. The summed E-state index contributed by atoms with van der Waals surface area (Å²) in [6.45, 7) is 7.00. The predicted octanol–water partition coefficient (Wildman–Crippen LogP) is 2.84. The van der Waals surface area contributed by atoms with Gasteiger partial charge < -0.3 is 11.1 Å². The molecule has 2 atom stereocenters. The van der Waals surface area contributed by atoms with Gasteiger partial charge in [0.05, 0.1) is 6.04 Å². The van der Waals surface area contributed by atoms with E-state index in [0.717, 1.165) is 12.8 Å². The van der Waals surface area contributed by atoms with Crippen LogP contribution < -0.4 is 11.1 Å². The molecule has 0 aliphatic heterocycles. The largest absolute Gasteiger partial charge is 0.354 e. The fraction of sp³-hybridized carbons (Fsp3) is 0.643. The predicted molar refractivity (Wildman–Crippen MR) is 84.9 cm³/mol. The number of carbonyl (C=O) groups excluding carboxylic acids is 1. The fourth-order valence-electron chi connectivity index (χ4n) is 1.87. The van der Waals surface area contributed by atoms with Crippen LogP contribution in [-0.2, 0) is 11.2 Å². The van der Waals surface area contributed by atoms with Gasteiger partial charge in [0, 0.05) is 11.4 Å². The summed E-state index contributed by atoms with van der Waals surface area (Å²) >= 11 is 1.76. The van der Waals surface area contributed by atoms with Gasteiger partial charge >= 0.3 is 0 Å². The second-order valence-corrected chi connectivity index (χ2v) is 6.40. The molecule has 0 saturated carbocycles. The number of halogens is 1. The Hall–Kier alpha value is -0.580. The van der Waals surface area contributed by atoms with Crippen LogP contribution in [0.15, 0.2) is 17.5 Å². The Morgan fingerprint density at radius 1 is 1.42 bits per heavy atom. The third-order valence-electron chi connectivity index (χ3n) is 2.82. The lowest BCUT2D eigenvalue weighted by Crippen LogP contribution is -2.43. The number of thiophene rings is 1. The zero-order chi connectivity index (χ0) is 13.5. The quantitative estimate of drug-likeness (QED) is 0.814. The summed E-state index contributed by atoms with van der Waals surface area (Å²) in [5.74, 6) is 0.870. The molecular formula is C14H25ClN2OS. The average Bonchev–Trinajstić information content (AvgIpc) is 2.77. The Bertz CT molecular complexity index is 354. The van der Waals surface area contributed by atoms with Crippen LogP contribution in [0.3, 0.4) is 0 Å². The van der Waals surface area contributed by atoms with Crippen molar-refractivity contribution in [1.29, 1.82) is 0 Å². The number of nitrogens with two attached hydrogens (primary N) is 1. The van der Waals surface area contributed by atoms with E-state index in [4.69, 9.17) is 5.73 Å². The summed E-state index contributed by atoms with van der Waals surface area (Å²) in [5.41, 5.74) is 5.83. The Labute approximate surface area is 126 Å². The molecule has 0 aliphatic carbocycles. The Morgan fingerprint density at radius 2 is 2.11 bits per heavy atom. The molecule has 1 aromatic rings. The lowest BCUT2D eigenvalue weighted by molar-refractivity contribution is -0.122. The minimum absolute atomic E-state index is 0. The summed E-state index contributed by atoms with van der Waals surface area (Å²) in [6, 6.07) is 3.82. The number of rotatable bonds is 7. The van der Waals surface area contributed by atoms with Crippen molar-refractivity contribution in [2.24, 2.45) is 17.6 Å². The highest BCUT2D eigenvalue weighted by molar-refractivity contribution is 7.09. The van der Waals surface area contributed by atoms with Gasteiger partial charge in [-0.15, -0.1) is 23.7 Å². The molecule has 3 nitrogen and oxygen atoms in total. The number of nitrogens with one attached hydrogen (secondary N) is 1. The van der Waals surface area contributed by atoms with Crippen LogP contribution in [0, 0.1) is 11.8 Å². The molecule has 1 amide bonds. The Morgan fingerprint density at radius 3 is 2.63 bits per heavy atom. The van der Waals surface area contributed by atoms with Crippen molar-refractivity contribution in [2.45, 2.75) is 39.7 Å². The average molecular weight is 305 g/mol. The van der Waals surface area contributed by atoms with Gasteiger partial charge in [0.2, 0.25) is 5.91 Å². The third kappa shape index (κ3) is 7.55. The van der Waals surface area contributed by atoms with Crippen LogP contribution in [-0.4, -0.2) is 18.5 Å².